The van der Waals surface area contributed by atoms with E-state index in [2.05, 4.69) is 15.5 Å². The van der Waals surface area contributed by atoms with Crippen LogP contribution in [0.3, 0.4) is 0 Å². The number of nitrogens with zero attached hydrogens (tertiary/aromatic N) is 3. The minimum atomic E-state index is -4.58. The summed E-state index contributed by atoms with van der Waals surface area (Å²) in [7, 11) is 0. The van der Waals surface area contributed by atoms with Gasteiger partial charge in [0.25, 0.3) is 0 Å². The van der Waals surface area contributed by atoms with E-state index in [-0.39, 0.29) is 18.2 Å². The van der Waals surface area contributed by atoms with Crippen LogP contribution in [0.1, 0.15) is 5.56 Å². The molecule has 4 aromatic rings. The largest absolute Gasteiger partial charge is 0.454 e. The number of para-hydroxylation sites is 2. The highest BCUT2D eigenvalue weighted by Gasteiger charge is 2.33. The van der Waals surface area contributed by atoms with Crippen molar-refractivity contribution in [2.75, 3.05) is 17.9 Å². The van der Waals surface area contributed by atoms with Crippen LogP contribution >= 0.6 is 11.8 Å². The van der Waals surface area contributed by atoms with Gasteiger partial charge in [-0.3, -0.25) is 9.36 Å². The van der Waals surface area contributed by atoms with Crippen LogP contribution in [0.15, 0.2) is 78.0 Å². The van der Waals surface area contributed by atoms with Gasteiger partial charge in [0, 0.05) is 11.3 Å². The lowest BCUT2D eigenvalue weighted by molar-refractivity contribution is -0.137. The lowest BCUT2D eigenvalue weighted by Gasteiger charge is -2.13. The third-order valence-electron chi connectivity index (χ3n) is 5.12. The Labute approximate surface area is 201 Å². The Bertz CT molecular complexity index is 1380. The third kappa shape index (κ3) is 4.80. The summed E-state index contributed by atoms with van der Waals surface area (Å²) in [6.07, 6.45) is -4.58. The van der Waals surface area contributed by atoms with Crippen molar-refractivity contribution in [3.8, 4) is 28.6 Å². The number of fused-ring (bicyclic) bond motifs is 1. The molecule has 0 atom stereocenters. The molecule has 11 heteroatoms. The first kappa shape index (κ1) is 22.8. The maximum atomic E-state index is 13.2. The number of rotatable bonds is 6. The molecule has 1 aliphatic heterocycles. The van der Waals surface area contributed by atoms with Crippen molar-refractivity contribution in [1.82, 2.24) is 14.8 Å². The van der Waals surface area contributed by atoms with Crippen LogP contribution in [0.2, 0.25) is 0 Å². The van der Waals surface area contributed by atoms with E-state index in [4.69, 9.17) is 9.47 Å². The molecule has 0 unspecified atom stereocenters. The second kappa shape index (κ2) is 9.34. The maximum Gasteiger partial charge on any atom is 0.418 e. The van der Waals surface area contributed by atoms with Crippen molar-refractivity contribution in [2.45, 2.75) is 11.3 Å². The van der Waals surface area contributed by atoms with Gasteiger partial charge in [-0.1, -0.05) is 42.1 Å². The second-order valence-electron chi connectivity index (χ2n) is 7.43. The number of aromatic nitrogens is 3. The van der Waals surface area contributed by atoms with Crippen LogP contribution in [-0.2, 0) is 11.0 Å². The van der Waals surface area contributed by atoms with E-state index >= 15 is 0 Å². The lowest BCUT2D eigenvalue weighted by Crippen LogP contribution is -2.18. The molecule has 0 saturated carbocycles. The van der Waals surface area contributed by atoms with Crippen molar-refractivity contribution in [1.29, 1.82) is 0 Å². The molecule has 3 aromatic carbocycles. The Balaban J connectivity index is 1.41. The number of carbonyl (C=O) groups excluding carboxylic acids is 1. The monoisotopic (exact) mass is 498 g/mol. The summed E-state index contributed by atoms with van der Waals surface area (Å²) in [5.41, 5.74) is 0.281. The van der Waals surface area contributed by atoms with Crippen LogP contribution in [-0.4, -0.2) is 33.2 Å². The zero-order valence-corrected chi connectivity index (χ0v) is 18.8. The molecule has 7 nitrogen and oxygen atoms in total. The molecule has 1 aliphatic rings. The zero-order valence-electron chi connectivity index (χ0n) is 18.0. The summed E-state index contributed by atoms with van der Waals surface area (Å²) >= 11 is 1.06. The first-order chi connectivity index (χ1) is 16.9. The number of benzene rings is 3. The molecule has 2 heterocycles. The fourth-order valence-corrected chi connectivity index (χ4v) is 4.30. The van der Waals surface area contributed by atoms with Crippen LogP contribution in [0.5, 0.6) is 11.5 Å². The van der Waals surface area contributed by atoms with Gasteiger partial charge in [0.15, 0.2) is 22.5 Å². The van der Waals surface area contributed by atoms with E-state index in [9.17, 15) is 18.0 Å². The van der Waals surface area contributed by atoms with Gasteiger partial charge in [-0.2, -0.15) is 13.2 Å². The topological polar surface area (TPSA) is 78.3 Å². The average Bonchev–Trinajstić information content (AvgIpc) is 3.49. The predicted octanol–water partition coefficient (Wildman–Crippen LogP) is 5.41. The smallest absolute Gasteiger partial charge is 0.418 e. The van der Waals surface area contributed by atoms with E-state index in [1.54, 1.807) is 16.7 Å². The van der Waals surface area contributed by atoms with Gasteiger partial charge in [0.1, 0.15) is 0 Å². The predicted molar refractivity (Wildman–Crippen MR) is 124 cm³/mol. The Hall–Kier alpha value is -3.99. The van der Waals surface area contributed by atoms with Gasteiger partial charge in [0.2, 0.25) is 12.7 Å². The van der Waals surface area contributed by atoms with Gasteiger partial charge in [-0.25, -0.2) is 0 Å². The van der Waals surface area contributed by atoms with E-state index in [0.29, 0.717) is 22.5 Å². The molecule has 35 heavy (non-hydrogen) atoms. The molecule has 0 aliphatic carbocycles. The molecule has 1 amide bonds. The number of hydrogen-bond acceptors (Lipinski definition) is 6. The summed E-state index contributed by atoms with van der Waals surface area (Å²) in [4.78, 5) is 12.5. The van der Waals surface area contributed by atoms with Gasteiger partial charge in [-0.15, -0.1) is 10.2 Å². The summed E-state index contributed by atoms with van der Waals surface area (Å²) in [6, 6.07) is 19.5. The molecule has 0 radical (unpaired) electrons. The maximum absolute atomic E-state index is 13.2. The molecule has 0 saturated heterocycles. The van der Waals surface area contributed by atoms with E-state index < -0.39 is 17.6 Å². The molecular weight excluding hydrogens is 481 g/mol. The number of alkyl halides is 3. The lowest BCUT2D eigenvalue weighted by atomic mass is 10.1. The van der Waals surface area contributed by atoms with Gasteiger partial charge >= 0.3 is 6.18 Å². The summed E-state index contributed by atoms with van der Waals surface area (Å²) in [6.45, 7) is 0.137. The number of nitrogens with one attached hydrogen (secondary N) is 1. The number of halogens is 3. The highest BCUT2D eigenvalue weighted by Crippen LogP contribution is 2.37. The fourth-order valence-electron chi connectivity index (χ4n) is 3.55. The van der Waals surface area contributed by atoms with Gasteiger partial charge in [-0.05, 0) is 42.5 Å². The van der Waals surface area contributed by atoms with Gasteiger partial charge in [0.05, 0.1) is 17.0 Å². The molecule has 0 fully saturated rings. The summed E-state index contributed by atoms with van der Waals surface area (Å²) in [5, 5.41) is 11.3. The zero-order chi connectivity index (χ0) is 24.4. The Morgan fingerprint density at radius 1 is 0.971 bits per heavy atom. The van der Waals surface area contributed by atoms with Crippen LogP contribution in [0, 0.1) is 0 Å². The molecule has 0 bridgehead atoms. The first-order valence-electron chi connectivity index (χ1n) is 10.4. The Morgan fingerprint density at radius 3 is 2.51 bits per heavy atom. The highest BCUT2D eigenvalue weighted by atomic mass is 32.2. The van der Waals surface area contributed by atoms with Crippen molar-refractivity contribution >= 4 is 23.4 Å². The first-order valence-corrected chi connectivity index (χ1v) is 11.4. The van der Waals surface area contributed by atoms with Crippen molar-refractivity contribution in [3.05, 3.63) is 78.4 Å². The minimum absolute atomic E-state index is 0.137. The molecule has 0 spiro atoms. The summed E-state index contributed by atoms with van der Waals surface area (Å²) < 4.78 is 52.3. The van der Waals surface area contributed by atoms with Crippen molar-refractivity contribution < 1.29 is 27.4 Å². The Kier molecular flexibility index (Phi) is 6.08. The van der Waals surface area contributed by atoms with E-state index in [1.807, 2.05) is 36.4 Å². The number of hydrogen-bond donors (Lipinski definition) is 1. The third-order valence-corrected chi connectivity index (χ3v) is 6.05. The molecule has 178 valence electrons. The van der Waals surface area contributed by atoms with E-state index in [1.165, 1.54) is 18.2 Å². The quantitative estimate of drug-likeness (QED) is 0.358. The van der Waals surface area contributed by atoms with Crippen LogP contribution in [0.25, 0.3) is 17.1 Å². The van der Waals surface area contributed by atoms with E-state index in [0.717, 1.165) is 29.1 Å². The molecule has 5 rings (SSSR count). The molecular formula is C24H17F3N4O3S. The second-order valence-corrected chi connectivity index (χ2v) is 8.37. The number of amides is 1. The number of anilines is 1. The highest BCUT2D eigenvalue weighted by molar-refractivity contribution is 7.99. The average molecular weight is 498 g/mol. The van der Waals surface area contributed by atoms with Crippen molar-refractivity contribution in [2.24, 2.45) is 0 Å². The van der Waals surface area contributed by atoms with Crippen LogP contribution in [0.4, 0.5) is 18.9 Å². The van der Waals surface area contributed by atoms with Crippen LogP contribution < -0.4 is 14.8 Å². The van der Waals surface area contributed by atoms with Gasteiger partial charge < -0.3 is 14.8 Å². The SMILES string of the molecule is O=C(CSc1nnc(-c2ccc3c(c2)OCO3)n1-c1ccccc1)Nc1ccccc1C(F)(F)F. The number of thioether (sulfide) groups is 1. The minimum Gasteiger partial charge on any atom is -0.454 e. The summed E-state index contributed by atoms with van der Waals surface area (Å²) in [5.74, 6) is 0.962. The fraction of sp³-hybridized carbons (Fsp3) is 0.125. The Morgan fingerprint density at radius 2 is 1.71 bits per heavy atom. The molecule has 1 N–H and O–H groups in total. The van der Waals surface area contributed by atoms with Crippen molar-refractivity contribution in [3.63, 3.8) is 0 Å². The molecule has 1 aromatic heterocycles. The normalized spacial score (nSPS) is 12.5. The number of ether oxygens (including phenoxy) is 2. The standard InChI is InChI=1S/C24H17F3N4O3S/c25-24(26,27)17-8-4-5-9-18(17)28-21(32)13-35-23-30-29-22(31(23)16-6-2-1-3-7-16)15-10-11-19-20(12-15)34-14-33-19/h1-12H,13-14H2,(H,28,32). The number of carbonyl (C=O) groups is 1.